The highest BCUT2D eigenvalue weighted by atomic mass is 35.5. The van der Waals surface area contributed by atoms with Crippen LogP contribution >= 0.6 is 11.6 Å². The van der Waals surface area contributed by atoms with E-state index >= 15 is 0 Å². The lowest BCUT2D eigenvalue weighted by atomic mass is 10.2. The molecule has 3 rings (SSSR count). The molecule has 0 radical (unpaired) electrons. The summed E-state index contributed by atoms with van der Waals surface area (Å²) in [6.45, 7) is 0. The van der Waals surface area contributed by atoms with Crippen LogP contribution in [-0.4, -0.2) is 24.2 Å². The first-order chi connectivity index (χ1) is 13.8. The van der Waals surface area contributed by atoms with Crippen LogP contribution in [0.3, 0.4) is 0 Å². The Kier molecular flexibility index (Phi) is 5.76. The van der Waals surface area contributed by atoms with Crippen molar-refractivity contribution in [3.05, 3.63) is 87.6 Å². The maximum atomic E-state index is 12.4. The van der Waals surface area contributed by atoms with Crippen LogP contribution in [0.1, 0.15) is 10.4 Å². The van der Waals surface area contributed by atoms with E-state index in [1.165, 1.54) is 48.7 Å². The van der Waals surface area contributed by atoms with Crippen molar-refractivity contribution in [2.24, 2.45) is 0 Å². The second-order valence-corrected chi connectivity index (χ2v) is 7.81. The molecule has 2 aromatic carbocycles. The van der Waals surface area contributed by atoms with E-state index in [0.29, 0.717) is 0 Å². The molecule has 3 aromatic rings. The number of amides is 1. The number of nitrogens with one attached hydrogen (secondary N) is 2. The van der Waals surface area contributed by atoms with Crippen LogP contribution in [0.2, 0.25) is 5.02 Å². The van der Waals surface area contributed by atoms with Crippen LogP contribution in [-0.2, 0) is 10.0 Å². The molecule has 1 amide bonds. The van der Waals surface area contributed by atoms with Gasteiger partial charge < -0.3 is 5.32 Å². The number of halogens is 1. The molecule has 0 aliphatic heterocycles. The van der Waals surface area contributed by atoms with E-state index in [1.807, 2.05) is 0 Å². The van der Waals surface area contributed by atoms with Gasteiger partial charge in [0.1, 0.15) is 5.82 Å². The first-order valence-electron chi connectivity index (χ1n) is 8.05. The van der Waals surface area contributed by atoms with Crippen molar-refractivity contribution in [1.29, 1.82) is 0 Å². The molecule has 0 spiro atoms. The van der Waals surface area contributed by atoms with Crippen LogP contribution in [0.25, 0.3) is 0 Å². The molecule has 11 heteroatoms. The van der Waals surface area contributed by atoms with E-state index in [-0.39, 0.29) is 32.7 Å². The molecule has 9 nitrogen and oxygen atoms in total. The monoisotopic (exact) mass is 432 g/mol. The van der Waals surface area contributed by atoms with E-state index < -0.39 is 20.9 Å². The Morgan fingerprint density at radius 3 is 2.41 bits per heavy atom. The number of pyridine rings is 1. The lowest BCUT2D eigenvalue weighted by molar-refractivity contribution is -0.384. The van der Waals surface area contributed by atoms with Gasteiger partial charge in [-0.1, -0.05) is 17.7 Å². The molecule has 148 valence electrons. The summed E-state index contributed by atoms with van der Waals surface area (Å²) in [5, 5.41) is 13.4. The number of sulfonamides is 1. The Hall–Kier alpha value is -3.50. The van der Waals surface area contributed by atoms with E-state index in [9.17, 15) is 23.3 Å². The molecule has 1 heterocycles. The minimum atomic E-state index is -3.85. The molecule has 0 unspecified atom stereocenters. The third-order valence-corrected chi connectivity index (χ3v) is 5.43. The zero-order valence-electron chi connectivity index (χ0n) is 14.6. The predicted octanol–water partition coefficient (Wildman–Crippen LogP) is 3.70. The van der Waals surface area contributed by atoms with Crippen molar-refractivity contribution in [3.63, 3.8) is 0 Å². The maximum Gasteiger partial charge on any atom is 0.270 e. The Labute approximate surface area is 170 Å². The van der Waals surface area contributed by atoms with Crippen molar-refractivity contribution >= 4 is 44.7 Å². The Balaban J connectivity index is 1.76. The maximum absolute atomic E-state index is 12.4. The number of rotatable bonds is 6. The van der Waals surface area contributed by atoms with Crippen molar-refractivity contribution in [3.8, 4) is 0 Å². The standard InChI is InChI=1S/C18H13ClN4O5S/c19-16-9-6-13(23(25)26)11-15(16)18(24)21-12-4-7-14(8-5-12)29(27,28)22-17-3-1-2-10-20-17/h1-11H,(H,20,22)(H,21,24). The van der Waals surface area contributed by atoms with Gasteiger partial charge in [0.15, 0.2) is 0 Å². The summed E-state index contributed by atoms with van der Waals surface area (Å²) in [4.78, 5) is 26.5. The van der Waals surface area contributed by atoms with Crippen LogP contribution in [0.4, 0.5) is 17.2 Å². The molecule has 0 atom stereocenters. The summed E-state index contributed by atoms with van der Waals surface area (Å²) >= 11 is 5.95. The molecular weight excluding hydrogens is 420 g/mol. The highest BCUT2D eigenvalue weighted by Crippen LogP contribution is 2.24. The number of hydrogen-bond acceptors (Lipinski definition) is 6. The van der Waals surface area contributed by atoms with E-state index in [4.69, 9.17) is 11.6 Å². The number of benzene rings is 2. The smallest absolute Gasteiger partial charge is 0.270 e. The quantitative estimate of drug-likeness (QED) is 0.451. The zero-order valence-corrected chi connectivity index (χ0v) is 16.1. The predicted molar refractivity (Wildman–Crippen MR) is 108 cm³/mol. The number of aromatic nitrogens is 1. The van der Waals surface area contributed by atoms with Gasteiger partial charge in [0.25, 0.3) is 21.6 Å². The van der Waals surface area contributed by atoms with Gasteiger partial charge in [-0.05, 0) is 42.5 Å². The second kappa shape index (κ2) is 8.25. The fraction of sp³-hybridized carbons (Fsp3) is 0. The Bertz CT molecular complexity index is 1170. The fourth-order valence-corrected chi connectivity index (χ4v) is 3.55. The van der Waals surface area contributed by atoms with Crippen LogP contribution < -0.4 is 10.0 Å². The molecule has 0 saturated heterocycles. The zero-order chi connectivity index (χ0) is 21.0. The number of carbonyl (C=O) groups excluding carboxylic acids is 1. The van der Waals surface area contributed by atoms with Crippen molar-refractivity contribution in [2.75, 3.05) is 10.0 Å². The number of hydrogen-bond donors (Lipinski definition) is 2. The molecular formula is C18H13ClN4O5S. The van der Waals surface area contributed by atoms with Crippen molar-refractivity contribution in [1.82, 2.24) is 4.98 Å². The van der Waals surface area contributed by atoms with Gasteiger partial charge in [-0.3, -0.25) is 19.6 Å². The molecule has 0 fully saturated rings. The third-order valence-electron chi connectivity index (χ3n) is 3.73. The summed E-state index contributed by atoms with van der Waals surface area (Å²) in [6.07, 6.45) is 1.45. The van der Waals surface area contributed by atoms with Crippen LogP contribution in [0, 0.1) is 10.1 Å². The number of anilines is 2. The number of non-ortho nitro benzene ring substituents is 1. The van der Waals surface area contributed by atoms with Crippen LogP contribution in [0.15, 0.2) is 71.8 Å². The largest absolute Gasteiger partial charge is 0.322 e. The minimum Gasteiger partial charge on any atom is -0.322 e. The highest BCUT2D eigenvalue weighted by Gasteiger charge is 2.17. The molecule has 0 bridgehead atoms. The second-order valence-electron chi connectivity index (χ2n) is 5.72. The van der Waals surface area contributed by atoms with Crippen LogP contribution in [0.5, 0.6) is 0 Å². The average molecular weight is 433 g/mol. The highest BCUT2D eigenvalue weighted by molar-refractivity contribution is 7.92. The lowest BCUT2D eigenvalue weighted by Gasteiger charge is -2.09. The summed E-state index contributed by atoms with van der Waals surface area (Å²) in [7, 11) is -3.85. The van der Waals surface area contributed by atoms with Gasteiger partial charge in [0, 0.05) is 24.0 Å². The summed E-state index contributed by atoms with van der Waals surface area (Å²) in [5.74, 6) is -0.494. The van der Waals surface area contributed by atoms with Gasteiger partial charge in [-0.15, -0.1) is 0 Å². The Morgan fingerprint density at radius 2 is 1.79 bits per heavy atom. The fourth-order valence-electron chi connectivity index (χ4n) is 2.34. The number of nitrogens with zero attached hydrogens (tertiary/aromatic N) is 2. The van der Waals surface area contributed by atoms with E-state index in [0.717, 1.165) is 6.07 Å². The lowest BCUT2D eigenvalue weighted by Crippen LogP contribution is -2.15. The molecule has 0 aliphatic rings. The first-order valence-corrected chi connectivity index (χ1v) is 9.91. The topological polar surface area (TPSA) is 131 Å². The molecule has 1 aromatic heterocycles. The minimum absolute atomic E-state index is 0.0328. The van der Waals surface area contributed by atoms with E-state index in [2.05, 4.69) is 15.0 Å². The summed E-state index contributed by atoms with van der Waals surface area (Å²) in [6, 6.07) is 13.7. The molecule has 29 heavy (non-hydrogen) atoms. The number of nitro benzene ring substituents is 1. The average Bonchev–Trinajstić information content (AvgIpc) is 2.69. The number of carbonyl (C=O) groups is 1. The normalized spacial score (nSPS) is 10.9. The number of nitro groups is 1. The van der Waals surface area contributed by atoms with Crippen molar-refractivity contribution in [2.45, 2.75) is 4.90 Å². The molecule has 0 aliphatic carbocycles. The third kappa shape index (κ3) is 4.86. The van der Waals surface area contributed by atoms with Crippen molar-refractivity contribution < 1.29 is 18.1 Å². The van der Waals surface area contributed by atoms with Gasteiger partial charge in [-0.25, -0.2) is 13.4 Å². The first kappa shape index (κ1) is 20.2. The van der Waals surface area contributed by atoms with Gasteiger partial charge in [0.05, 0.1) is 20.4 Å². The van der Waals surface area contributed by atoms with Gasteiger partial charge >= 0.3 is 0 Å². The Morgan fingerprint density at radius 1 is 1.07 bits per heavy atom. The summed E-state index contributed by atoms with van der Waals surface area (Å²) < 4.78 is 27.1. The van der Waals surface area contributed by atoms with Gasteiger partial charge in [-0.2, -0.15) is 0 Å². The molecule has 2 N–H and O–H groups in total. The summed E-state index contributed by atoms with van der Waals surface area (Å²) in [5.41, 5.74) is -0.0645. The SMILES string of the molecule is O=C(Nc1ccc(S(=O)(=O)Nc2ccccn2)cc1)c1cc([N+](=O)[O-])ccc1Cl. The molecule has 0 saturated carbocycles. The van der Waals surface area contributed by atoms with E-state index in [1.54, 1.807) is 12.1 Å². The van der Waals surface area contributed by atoms with Gasteiger partial charge in [0.2, 0.25) is 0 Å².